The highest BCUT2D eigenvalue weighted by molar-refractivity contribution is 6.30. The fraction of sp³-hybridized carbons (Fsp3) is 0.393. The predicted molar refractivity (Wildman–Crippen MR) is 136 cm³/mol. The lowest BCUT2D eigenvalue weighted by Crippen LogP contribution is -2.42. The third kappa shape index (κ3) is 6.08. The highest BCUT2D eigenvalue weighted by atomic mass is 35.5. The van der Waals surface area contributed by atoms with Crippen LogP contribution in [0.15, 0.2) is 54.7 Å². The van der Waals surface area contributed by atoms with Crippen molar-refractivity contribution in [2.45, 2.75) is 25.4 Å². The van der Waals surface area contributed by atoms with E-state index in [1.54, 1.807) is 13.3 Å². The summed E-state index contributed by atoms with van der Waals surface area (Å²) in [5, 5.41) is 22.7. The van der Waals surface area contributed by atoms with Crippen molar-refractivity contribution in [3.63, 3.8) is 0 Å². The normalized spacial score (nSPS) is 19.4. The lowest BCUT2D eigenvalue weighted by atomic mass is 9.81. The van der Waals surface area contributed by atoms with Gasteiger partial charge in [-0.15, -0.1) is 0 Å². The molecule has 6 heteroatoms. The molecule has 4 rings (SSSR count). The molecule has 1 unspecified atom stereocenters. The predicted octanol–water partition coefficient (Wildman–Crippen LogP) is 4.69. The van der Waals surface area contributed by atoms with Crippen LogP contribution in [0.2, 0.25) is 5.02 Å². The number of pyridine rings is 1. The van der Waals surface area contributed by atoms with Gasteiger partial charge in [0.15, 0.2) is 0 Å². The number of halogens is 1. The number of rotatable bonds is 7. The van der Waals surface area contributed by atoms with Crippen molar-refractivity contribution in [1.29, 1.82) is 0 Å². The summed E-state index contributed by atoms with van der Waals surface area (Å²) in [6.45, 7) is 2.60. The van der Waals surface area contributed by atoms with Crippen LogP contribution in [0, 0.1) is 23.7 Å². The van der Waals surface area contributed by atoms with E-state index in [1.165, 1.54) is 0 Å². The van der Waals surface area contributed by atoms with E-state index >= 15 is 0 Å². The number of ether oxygens (including phenoxy) is 1. The molecule has 0 bridgehead atoms. The number of methoxy groups -OCH3 is 1. The largest absolute Gasteiger partial charge is 0.497 e. The molecule has 0 aliphatic carbocycles. The monoisotopic (exact) mass is 478 g/mol. The molecule has 3 atom stereocenters. The Hall–Kier alpha value is -2.62. The highest BCUT2D eigenvalue weighted by Gasteiger charge is 2.29. The zero-order valence-electron chi connectivity index (χ0n) is 19.5. The SMILES string of the molecule is COc1ccc2nccc(C(O)CC[C@@H]3CCN(CC#Cc4ccc(Cl)cc4)C[C@@H]3CO)c2c1. The number of nitrogens with zero attached hydrogens (tertiary/aromatic N) is 2. The van der Waals surface area contributed by atoms with Gasteiger partial charge in [-0.2, -0.15) is 0 Å². The first-order valence-electron chi connectivity index (χ1n) is 11.8. The van der Waals surface area contributed by atoms with Gasteiger partial charge in [0.1, 0.15) is 5.75 Å². The summed E-state index contributed by atoms with van der Waals surface area (Å²) in [4.78, 5) is 6.71. The van der Waals surface area contributed by atoms with Gasteiger partial charge in [0, 0.05) is 35.3 Å². The number of fused-ring (bicyclic) bond motifs is 1. The van der Waals surface area contributed by atoms with E-state index in [-0.39, 0.29) is 12.5 Å². The number of likely N-dealkylation sites (tertiary alicyclic amines) is 1. The van der Waals surface area contributed by atoms with Gasteiger partial charge in [-0.05, 0) is 91.7 Å². The summed E-state index contributed by atoms with van der Waals surface area (Å²) in [7, 11) is 1.64. The molecule has 2 heterocycles. The van der Waals surface area contributed by atoms with Crippen LogP contribution < -0.4 is 4.74 Å². The Labute approximate surface area is 206 Å². The first-order valence-corrected chi connectivity index (χ1v) is 12.1. The summed E-state index contributed by atoms with van der Waals surface area (Å²) >= 11 is 5.93. The third-order valence-corrected chi connectivity index (χ3v) is 6.99. The Bertz CT molecular complexity index is 1160. The first kappa shape index (κ1) is 24.5. The second-order valence-electron chi connectivity index (χ2n) is 8.91. The van der Waals surface area contributed by atoms with Crippen LogP contribution in [0.3, 0.4) is 0 Å². The second-order valence-corrected chi connectivity index (χ2v) is 9.35. The van der Waals surface area contributed by atoms with Gasteiger partial charge >= 0.3 is 0 Å². The van der Waals surface area contributed by atoms with Crippen molar-refractivity contribution in [1.82, 2.24) is 9.88 Å². The Kier molecular flexibility index (Phi) is 8.42. The van der Waals surface area contributed by atoms with Crippen molar-refractivity contribution in [2.75, 3.05) is 33.4 Å². The molecule has 0 radical (unpaired) electrons. The molecule has 1 saturated heterocycles. The van der Waals surface area contributed by atoms with Crippen molar-refractivity contribution in [2.24, 2.45) is 11.8 Å². The van der Waals surface area contributed by atoms with Crippen LogP contribution in [-0.4, -0.2) is 53.4 Å². The minimum Gasteiger partial charge on any atom is -0.497 e. The van der Waals surface area contributed by atoms with Gasteiger partial charge in [-0.1, -0.05) is 23.4 Å². The number of aliphatic hydroxyl groups excluding tert-OH is 2. The molecule has 1 aliphatic heterocycles. The lowest BCUT2D eigenvalue weighted by Gasteiger charge is -2.37. The van der Waals surface area contributed by atoms with Gasteiger partial charge in [-0.25, -0.2) is 0 Å². The number of hydrogen-bond acceptors (Lipinski definition) is 5. The van der Waals surface area contributed by atoms with E-state index < -0.39 is 6.10 Å². The van der Waals surface area contributed by atoms with E-state index in [1.807, 2.05) is 48.5 Å². The van der Waals surface area contributed by atoms with Gasteiger partial charge in [0.2, 0.25) is 0 Å². The van der Waals surface area contributed by atoms with Crippen molar-refractivity contribution >= 4 is 22.5 Å². The van der Waals surface area contributed by atoms with Crippen molar-refractivity contribution < 1.29 is 14.9 Å². The van der Waals surface area contributed by atoms with Crippen molar-refractivity contribution in [3.05, 3.63) is 70.9 Å². The molecular formula is C28H31ClN2O3. The molecule has 5 nitrogen and oxygen atoms in total. The molecule has 2 N–H and O–H groups in total. The molecule has 178 valence electrons. The van der Waals surface area contributed by atoms with Gasteiger partial charge in [0.05, 0.1) is 25.3 Å². The van der Waals surface area contributed by atoms with Crippen LogP contribution in [0.25, 0.3) is 10.9 Å². The Morgan fingerprint density at radius 2 is 2.00 bits per heavy atom. The molecule has 0 spiro atoms. The summed E-state index contributed by atoms with van der Waals surface area (Å²) in [6.07, 6.45) is 3.66. The summed E-state index contributed by atoms with van der Waals surface area (Å²) < 4.78 is 5.35. The highest BCUT2D eigenvalue weighted by Crippen LogP contribution is 2.33. The third-order valence-electron chi connectivity index (χ3n) is 6.74. The van der Waals surface area contributed by atoms with Crippen LogP contribution in [0.5, 0.6) is 5.75 Å². The molecule has 1 fully saturated rings. The van der Waals surface area contributed by atoms with Crippen LogP contribution in [0.1, 0.15) is 36.5 Å². The average Bonchev–Trinajstić information content (AvgIpc) is 2.88. The molecule has 3 aromatic rings. The molecule has 1 aromatic heterocycles. The van der Waals surface area contributed by atoms with E-state index in [2.05, 4.69) is 21.7 Å². The molecule has 0 saturated carbocycles. The fourth-order valence-electron chi connectivity index (χ4n) is 4.76. The fourth-order valence-corrected chi connectivity index (χ4v) is 4.89. The zero-order chi connectivity index (χ0) is 23.9. The minimum absolute atomic E-state index is 0.150. The quantitative estimate of drug-likeness (QED) is 0.482. The molecule has 0 amide bonds. The van der Waals surface area contributed by atoms with Gasteiger partial charge < -0.3 is 14.9 Å². The molecular weight excluding hydrogens is 448 g/mol. The molecule has 1 aliphatic rings. The number of benzene rings is 2. The minimum atomic E-state index is -0.583. The summed E-state index contributed by atoms with van der Waals surface area (Å²) in [5.74, 6) is 7.74. The van der Waals surface area contributed by atoms with Crippen LogP contribution in [0.4, 0.5) is 0 Å². The Morgan fingerprint density at radius 3 is 2.76 bits per heavy atom. The average molecular weight is 479 g/mol. The lowest BCUT2D eigenvalue weighted by molar-refractivity contribution is 0.0640. The van der Waals surface area contributed by atoms with E-state index in [4.69, 9.17) is 16.3 Å². The number of aromatic nitrogens is 1. The van der Waals surface area contributed by atoms with Crippen LogP contribution >= 0.6 is 11.6 Å². The topological polar surface area (TPSA) is 65.8 Å². The standard InChI is InChI=1S/C28H31ClN2O3/c1-34-24-9-10-27-26(17-24)25(12-14-30-27)28(33)11-6-21-13-16-31(18-22(21)19-32)15-2-3-20-4-7-23(29)8-5-20/h4-5,7-10,12,14,17,21-22,28,32-33H,6,11,13,15-16,18-19H2,1H3/t21-,22-,28?/m1/s1. The van der Waals surface area contributed by atoms with Crippen molar-refractivity contribution in [3.8, 4) is 17.6 Å². The second kappa shape index (κ2) is 11.7. The summed E-state index contributed by atoms with van der Waals surface area (Å²) in [6, 6.07) is 15.1. The zero-order valence-corrected chi connectivity index (χ0v) is 20.2. The summed E-state index contributed by atoms with van der Waals surface area (Å²) in [5.41, 5.74) is 2.67. The van der Waals surface area contributed by atoms with E-state index in [0.717, 1.165) is 53.7 Å². The number of aliphatic hydroxyl groups is 2. The maximum absolute atomic E-state index is 11.0. The van der Waals surface area contributed by atoms with Crippen LogP contribution in [-0.2, 0) is 0 Å². The van der Waals surface area contributed by atoms with E-state index in [9.17, 15) is 10.2 Å². The Balaban J connectivity index is 1.33. The van der Waals surface area contributed by atoms with E-state index in [0.29, 0.717) is 23.9 Å². The van der Waals surface area contributed by atoms with Gasteiger partial charge in [-0.3, -0.25) is 9.88 Å². The molecule has 34 heavy (non-hydrogen) atoms. The Morgan fingerprint density at radius 1 is 1.18 bits per heavy atom. The first-order chi connectivity index (χ1) is 16.6. The number of piperidine rings is 1. The maximum Gasteiger partial charge on any atom is 0.119 e. The van der Waals surface area contributed by atoms with Gasteiger partial charge in [0.25, 0.3) is 0 Å². The molecule has 2 aromatic carbocycles. The smallest absolute Gasteiger partial charge is 0.119 e. The number of hydrogen-bond donors (Lipinski definition) is 2. The maximum atomic E-state index is 11.0.